The van der Waals surface area contributed by atoms with Gasteiger partial charge in [-0.15, -0.1) is 11.3 Å². The zero-order chi connectivity index (χ0) is 19.3. The van der Waals surface area contributed by atoms with Crippen molar-refractivity contribution in [3.8, 4) is 22.3 Å². The average Bonchev–Trinajstić information content (AvgIpc) is 3.45. The first-order valence-electron chi connectivity index (χ1n) is 8.59. The molecular weight excluding hydrogens is 386 g/mol. The van der Waals surface area contributed by atoms with E-state index in [1.807, 2.05) is 11.6 Å². The second-order valence-electron chi connectivity index (χ2n) is 6.69. The maximum Gasteiger partial charge on any atom is 0.267 e. The topological polar surface area (TPSA) is 79.2 Å². The summed E-state index contributed by atoms with van der Waals surface area (Å²) < 4.78 is 28.4. The predicted molar refractivity (Wildman–Crippen MR) is 99.3 cm³/mol. The summed E-state index contributed by atoms with van der Waals surface area (Å²) in [4.78, 5) is 18.6. The molecular formula is C18H14F2N6OS. The van der Waals surface area contributed by atoms with Gasteiger partial charge in [-0.2, -0.15) is 10.2 Å². The molecule has 0 saturated carbocycles. The molecule has 0 unspecified atom stereocenters. The van der Waals surface area contributed by atoms with Crippen LogP contribution >= 0.6 is 11.3 Å². The van der Waals surface area contributed by atoms with Crippen LogP contribution in [0.5, 0.6) is 0 Å². The number of carbonyl (C=O) groups excluding carboxylic acids is 1. The molecule has 1 aliphatic rings. The lowest BCUT2D eigenvalue weighted by molar-refractivity contribution is 0.0121. The largest absolute Gasteiger partial charge is 0.332 e. The quantitative estimate of drug-likeness (QED) is 0.572. The summed E-state index contributed by atoms with van der Waals surface area (Å²) in [6.07, 6.45) is 8.45. The standard InChI is InChI=1S/C18H14F2N6OS/c19-18(20)1-2-25(10-18)17(27)15-3-11(9-28-15)14-7-24-26-8-13(4-21-16(14)26)12-5-22-23-6-12/h3-9H,1-2,10H2,(H,22,23). The molecule has 7 nitrogen and oxygen atoms in total. The van der Waals surface area contributed by atoms with Crippen molar-refractivity contribution in [3.63, 3.8) is 0 Å². The Morgan fingerprint density at radius 3 is 2.86 bits per heavy atom. The van der Waals surface area contributed by atoms with E-state index in [1.54, 1.807) is 35.4 Å². The van der Waals surface area contributed by atoms with Gasteiger partial charge in [0.2, 0.25) is 0 Å². The van der Waals surface area contributed by atoms with Gasteiger partial charge in [-0.25, -0.2) is 18.3 Å². The number of nitrogens with zero attached hydrogens (tertiary/aromatic N) is 5. The number of aromatic nitrogens is 5. The van der Waals surface area contributed by atoms with Crippen LogP contribution < -0.4 is 0 Å². The maximum absolute atomic E-state index is 13.4. The smallest absolute Gasteiger partial charge is 0.267 e. The number of nitrogens with one attached hydrogen (secondary N) is 1. The molecule has 0 bridgehead atoms. The summed E-state index contributed by atoms with van der Waals surface area (Å²) in [5.41, 5.74) is 3.99. The SMILES string of the molecule is O=C(c1cc(-c2cnn3cc(-c4cn[nH]c4)cnc23)cs1)N1CCC(F)(F)C1. The molecule has 10 heteroatoms. The molecule has 5 rings (SSSR count). The Kier molecular flexibility index (Phi) is 3.76. The molecule has 1 N–H and O–H groups in total. The molecule has 0 spiro atoms. The third-order valence-corrected chi connectivity index (χ3v) is 5.68. The summed E-state index contributed by atoms with van der Waals surface area (Å²) in [5, 5.41) is 12.9. The molecule has 0 aromatic carbocycles. The second kappa shape index (κ2) is 6.20. The van der Waals surface area contributed by atoms with Crippen LogP contribution in [0.15, 0.2) is 42.4 Å². The van der Waals surface area contributed by atoms with Gasteiger partial charge in [-0.3, -0.25) is 9.89 Å². The van der Waals surface area contributed by atoms with Crippen LogP contribution in [0.1, 0.15) is 16.1 Å². The molecule has 0 aliphatic carbocycles. The molecule has 1 aliphatic heterocycles. The fourth-order valence-corrected chi connectivity index (χ4v) is 4.16. The fourth-order valence-electron chi connectivity index (χ4n) is 3.29. The molecule has 28 heavy (non-hydrogen) atoms. The molecule has 1 amide bonds. The molecule has 4 aromatic rings. The zero-order valence-corrected chi connectivity index (χ0v) is 15.3. The number of aromatic amines is 1. The van der Waals surface area contributed by atoms with Crippen LogP contribution in [-0.4, -0.2) is 54.6 Å². The number of carbonyl (C=O) groups is 1. The highest BCUT2D eigenvalue weighted by molar-refractivity contribution is 7.12. The van der Waals surface area contributed by atoms with Crippen LogP contribution in [0, 0.1) is 0 Å². The van der Waals surface area contributed by atoms with Gasteiger partial charge >= 0.3 is 0 Å². The van der Waals surface area contributed by atoms with Crippen LogP contribution in [0.2, 0.25) is 0 Å². The Hall–Kier alpha value is -3.14. The summed E-state index contributed by atoms with van der Waals surface area (Å²) in [7, 11) is 0. The minimum absolute atomic E-state index is 0.0775. The normalized spacial score (nSPS) is 16.1. The van der Waals surface area contributed by atoms with E-state index in [2.05, 4.69) is 20.3 Å². The van der Waals surface area contributed by atoms with E-state index in [0.717, 1.165) is 22.3 Å². The fraction of sp³-hybridized carbons (Fsp3) is 0.222. The van der Waals surface area contributed by atoms with E-state index < -0.39 is 12.5 Å². The molecule has 142 valence electrons. The van der Waals surface area contributed by atoms with Crippen molar-refractivity contribution >= 4 is 22.9 Å². The number of halogens is 2. The number of thiophene rings is 1. The van der Waals surface area contributed by atoms with Crippen LogP contribution in [0.25, 0.3) is 27.9 Å². The van der Waals surface area contributed by atoms with Crippen molar-refractivity contribution < 1.29 is 13.6 Å². The number of amides is 1. The molecule has 1 saturated heterocycles. The molecule has 5 heterocycles. The number of fused-ring (bicyclic) bond motifs is 1. The molecule has 4 aromatic heterocycles. The summed E-state index contributed by atoms with van der Waals surface area (Å²) in [6, 6.07) is 1.71. The number of H-pyrrole nitrogens is 1. The Balaban J connectivity index is 1.44. The minimum atomic E-state index is -2.80. The molecule has 1 fully saturated rings. The Morgan fingerprint density at radius 1 is 1.21 bits per heavy atom. The van der Waals surface area contributed by atoms with Crippen molar-refractivity contribution in [1.29, 1.82) is 0 Å². The number of likely N-dealkylation sites (tertiary alicyclic amines) is 1. The van der Waals surface area contributed by atoms with Gasteiger partial charge in [0.15, 0.2) is 5.65 Å². The molecule has 0 radical (unpaired) electrons. The lowest BCUT2D eigenvalue weighted by atomic mass is 10.1. The van der Waals surface area contributed by atoms with Crippen molar-refractivity contribution in [2.24, 2.45) is 0 Å². The van der Waals surface area contributed by atoms with E-state index in [1.165, 1.54) is 16.2 Å². The third-order valence-electron chi connectivity index (χ3n) is 4.77. The van der Waals surface area contributed by atoms with Gasteiger partial charge in [0.1, 0.15) is 0 Å². The van der Waals surface area contributed by atoms with Crippen LogP contribution in [0.4, 0.5) is 8.78 Å². The second-order valence-corrected chi connectivity index (χ2v) is 7.60. The highest BCUT2D eigenvalue weighted by Crippen LogP contribution is 2.32. The lowest BCUT2D eigenvalue weighted by Crippen LogP contribution is -2.30. The van der Waals surface area contributed by atoms with Crippen molar-refractivity contribution in [2.75, 3.05) is 13.1 Å². The summed E-state index contributed by atoms with van der Waals surface area (Å²) in [5.74, 6) is -3.16. The van der Waals surface area contributed by atoms with E-state index >= 15 is 0 Å². The van der Waals surface area contributed by atoms with Crippen molar-refractivity contribution in [2.45, 2.75) is 12.3 Å². The first kappa shape index (κ1) is 17.0. The number of alkyl halides is 2. The van der Waals surface area contributed by atoms with Gasteiger partial charge in [0.25, 0.3) is 11.8 Å². The van der Waals surface area contributed by atoms with E-state index in [-0.39, 0.29) is 18.9 Å². The van der Waals surface area contributed by atoms with Gasteiger partial charge in [-0.05, 0) is 17.0 Å². The van der Waals surface area contributed by atoms with Gasteiger partial charge in [0, 0.05) is 48.2 Å². The third kappa shape index (κ3) is 2.85. The Bertz CT molecular complexity index is 1170. The summed E-state index contributed by atoms with van der Waals surface area (Å²) in [6.45, 7) is -0.442. The Labute approximate surface area is 161 Å². The van der Waals surface area contributed by atoms with E-state index in [9.17, 15) is 13.6 Å². The molecule has 0 atom stereocenters. The average molecular weight is 400 g/mol. The van der Waals surface area contributed by atoms with Crippen molar-refractivity contribution in [3.05, 3.63) is 47.3 Å². The zero-order valence-electron chi connectivity index (χ0n) is 14.5. The van der Waals surface area contributed by atoms with Crippen LogP contribution in [0.3, 0.4) is 0 Å². The lowest BCUT2D eigenvalue weighted by Gasteiger charge is -2.14. The minimum Gasteiger partial charge on any atom is -0.332 e. The highest BCUT2D eigenvalue weighted by atomic mass is 32.1. The maximum atomic E-state index is 13.4. The van der Waals surface area contributed by atoms with Gasteiger partial charge in [-0.1, -0.05) is 0 Å². The summed E-state index contributed by atoms with van der Waals surface area (Å²) >= 11 is 1.24. The Morgan fingerprint density at radius 2 is 2.11 bits per heavy atom. The first-order chi connectivity index (χ1) is 13.5. The number of hydrogen-bond donors (Lipinski definition) is 1. The van der Waals surface area contributed by atoms with E-state index in [4.69, 9.17) is 0 Å². The predicted octanol–water partition coefficient (Wildman–Crippen LogP) is 3.33. The first-order valence-corrected chi connectivity index (χ1v) is 9.47. The number of rotatable bonds is 3. The van der Waals surface area contributed by atoms with Gasteiger partial charge in [0.05, 0.1) is 23.8 Å². The van der Waals surface area contributed by atoms with Crippen LogP contribution in [-0.2, 0) is 0 Å². The van der Waals surface area contributed by atoms with Gasteiger partial charge < -0.3 is 4.90 Å². The van der Waals surface area contributed by atoms with Crippen molar-refractivity contribution in [1.82, 2.24) is 29.7 Å². The van der Waals surface area contributed by atoms with E-state index in [0.29, 0.717) is 10.5 Å². The highest BCUT2D eigenvalue weighted by Gasteiger charge is 2.40. The monoisotopic (exact) mass is 400 g/mol. The number of hydrogen-bond acceptors (Lipinski definition) is 5.